The third-order valence-corrected chi connectivity index (χ3v) is 8.06. The van der Waals surface area contributed by atoms with Crippen molar-refractivity contribution in [3.63, 3.8) is 0 Å². The molecule has 3 heterocycles. The number of benzene rings is 3. The van der Waals surface area contributed by atoms with Gasteiger partial charge in [-0.25, -0.2) is 0 Å². The van der Waals surface area contributed by atoms with Gasteiger partial charge in [0.25, 0.3) is 11.8 Å². The molecule has 0 aliphatic carbocycles. The van der Waals surface area contributed by atoms with Gasteiger partial charge in [-0.1, -0.05) is 35.5 Å². The fourth-order valence-corrected chi connectivity index (χ4v) is 6.27. The smallest absolute Gasteiger partial charge is 0.254 e. The zero-order chi connectivity index (χ0) is 29.7. The molecule has 2 atom stereocenters. The molecule has 6 rings (SSSR count). The number of morpholine rings is 1. The first-order valence-electron chi connectivity index (χ1n) is 14.4. The van der Waals surface area contributed by atoms with E-state index in [1.54, 1.807) is 19.0 Å². The van der Waals surface area contributed by atoms with E-state index in [0.29, 0.717) is 36.5 Å². The van der Waals surface area contributed by atoms with Gasteiger partial charge >= 0.3 is 0 Å². The summed E-state index contributed by atoms with van der Waals surface area (Å²) in [5.74, 6) is 0.554. The number of carbonyl (C=O) groups excluding carboxylic acids is 2. The van der Waals surface area contributed by atoms with E-state index < -0.39 is 0 Å². The maximum atomic E-state index is 13.8. The summed E-state index contributed by atoms with van der Waals surface area (Å²) in [4.78, 5) is 31.0. The molecular formula is C34H36N4O4. The average molecular weight is 565 g/mol. The summed E-state index contributed by atoms with van der Waals surface area (Å²) in [5, 5.41) is 5.87. The first kappa shape index (κ1) is 27.7. The van der Waals surface area contributed by atoms with Crippen LogP contribution in [0.5, 0.6) is 0 Å². The molecule has 5 aromatic rings. The quantitative estimate of drug-likeness (QED) is 0.259. The average Bonchev–Trinajstić information content (AvgIpc) is 3.46. The molecule has 1 aliphatic heterocycles. The van der Waals surface area contributed by atoms with Gasteiger partial charge in [-0.2, -0.15) is 0 Å². The van der Waals surface area contributed by atoms with Gasteiger partial charge in [-0.15, -0.1) is 0 Å². The highest BCUT2D eigenvalue weighted by Crippen LogP contribution is 2.38. The summed E-state index contributed by atoms with van der Waals surface area (Å²) in [6, 6.07) is 20.2. The van der Waals surface area contributed by atoms with Gasteiger partial charge in [0.15, 0.2) is 0 Å². The van der Waals surface area contributed by atoms with Crippen LogP contribution < -0.4 is 0 Å². The SMILES string of the molecule is Cc1noc(C)c1-c1cc(C(=O)N(C)C)c2c3cc(C(=O)N4CC(C)O[C@@H](C)C4)ccc3n(Cc3ccccc3)c2c1. The molecule has 0 radical (unpaired) electrons. The van der Waals surface area contributed by atoms with Crippen LogP contribution in [0, 0.1) is 13.8 Å². The lowest BCUT2D eigenvalue weighted by Gasteiger charge is -2.35. The number of aromatic nitrogens is 2. The highest BCUT2D eigenvalue weighted by Gasteiger charge is 2.28. The van der Waals surface area contributed by atoms with Gasteiger partial charge in [0.05, 0.1) is 29.0 Å². The van der Waals surface area contributed by atoms with Crippen LogP contribution in [0.15, 0.2) is 65.2 Å². The maximum Gasteiger partial charge on any atom is 0.254 e. The van der Waals surface area contributed by atoms with Crippen molar-refractivity contribution in [2.45, 2.75) is 46.4 Å². The van der Waals surface area contributed by atoms with Crippen molar-refractivity contribution in [2.24, 2.45) is 0 Å². The van der Waals surface area contributed by atoms with Crippen LogP contribution >= 0.6 is 0 Å². The molecule has 1 saturated heterocycles. The van der Waals surface area contributed by atoms with Gasteiger partial charge in [0.2, 0.25) is 0 Å². The molecule has 0 saturated carbocycles. The van der Waals surface area contributed by atoms with E-state index in [-0.39, 0.29) is 24.0 Å². The first-order valence-corrected chi connectivity index (χ1v) is 14.4. The Labute approximate surface area is 245 Å². The second-order valence-electron chi connectivity index (χ2n) is 11.6. The maximum absolute atomic E-state index is 13.8. The third-order valence-electron chi connectivity index (χ3n) is 8.06. The summed E-state index contributed by atoms with van der Waals surface area (Å²) in [6.07, 6.45) is -0.0532. The minimum absolute atomic E-state index is 0.0266. The molecule has 1 fully saturated rings. The Morgan fingerprint density at radius 2 is 1.67 bits per heavy atom. The Morgan fingerprint density at radius 3 is 2.31 bits per heavy atom. The summed E-state index contributed by atoms with van der Waals surface area (Å²) < 4.78 is 13.6. The van der Waals surface area contributed by atoms with Crippen LogP contribution in [0.25, 0.3) is 32.9 Å². The summed E-state index contributed by atoms with van der Waals surface area (Å²) >= 11 is 0. The van der Waals surface area contributed by atoms with E-state index in [1.807, 2.05) is 75.1 Å². The standard InChI is InChI=1S/C34H36N4O4/c1-20-17-37(18-21(2)41-20)33(39)25-12-13-29-27(14-25)32-28(34(40)36(5)6)15-26(31-22(3)35-42-23(31)4)16-30(32)38(29)19-24-10-8-7-9-11-24/h7-16,20-21H,17-19H2,1-6H3/t20-,21?/m0/s1. The van der Waals surface area contributed by atoms with E-state index in [1.165, 1.54) is 0 Å². The molecule has 2 aromatic heterocycles. The molecule has 0 spiro atoms. The number of amides is 2. The van der Waals surface area contributed by atoms with Crippen LogP contribution in [0.2, 0.25) is 0 Å². The van der Waals surface area contributed by atoms with Crippen molar-refractivity contribution in [3.8, 4) is 11.1 Å². The molecule has 0 N–H and O–H groups in total. The number of carbonyl (C=O) groups is 2. The number of hydrogen-bond acceptors (Lipinski definition) is 5. The topological polar surface area (TPSA) is 80.8 Å². The van der Waals surface area contributed by atoms with Gasteiger partial charge < -0.3 is 23.6 Å². The van der Waals surface area contributed by atoms with Crippen molar-refractivity contribution in [1.82, 2.24) is 19.5 Å². The Morgan fingerprint density at radius 1 is 0.952 bits per heavy atom. The van der Waals surface area contributed by atoms with Crippen LogP contribution in [-0.2, 0) is 11.3 Å². The third kappa shape index (κ3) is 4.86. The first-order chi connectivity index (χ1) is 20.1. The lowest BCUT2D eigenvalue weighted by Crippen LogP contribution is -2.48. The monoisotopic (exact) mass is 564 g/mol. The Hall–Kier alpha value is -4.43. The van der Waals surface area contributed by atoms with Gasteiger partial charge in [0.1, 0.15) is 5.76 Å². The van der Waals surface area contributed by atoms with E-state index in [0.717, 1.165) is 44.2 Å². The van der Waals surface area contributed by atoms with Crippen molar-refractivity contribution in [3.05, 3.63) is 88.8 Å². The fraction of sp³-hybridized carbons (Fsp3) is 0.324. The lowest BCUT2D eigenvalue weighted by atomic mass is 9.96. The summed E-state index contributed by atoms with van der Waals surface area (Å²) in [6.45, 7) is 9.47. The Bertz CT molecular complexity index is 1790. The molecule has 8 nitrogen and oxygen atoms in total. The van der Waals surface area contributed by atoms with E-state index >= 15 is 0 Å². The number of nitrogens with zero attached hydrogens (tertiary/aromatic N) is 4. The molecule has 1 aliphatic rings. The molecule has 3 aromatic carbocycles. The summed E-state index contributed by atoms with van der Waals surface area (Å²) in [5.41, 5.74) is 6.69. The molecule has 0 bridgehead atoms. The minimum atomic E-state index is -0.111. The zero-order valence-electron chi connectivity index (χ0n) is 25.0. The van der Waals surface area contributed by atoms with Crippen molar-refractivity contribution < 1.29 is 18.8 Å². The van der Waals surface area contributed by atoms with E-state index in [2.05, 4.69) is 27.9 Å². The number of fused-ring (bicyclic) bond motifs is 3. The number of hydrogen-bond donors (Lipinski definition) is 0. The van der Waals surface area contributed by atoms with Crippen LogP contribution in [-0.4, -0.2) is 70.7 Å². The molecule has 2 amide bonds. The van der Waals surface area contributed by atoms with Gasteiger partial charge in [-0.05, 0) is 69.2 Å². The molecule has 1 unspecified atom stereocenters. The lowest BCUT2D eigenvalue weighted by molar-refractivity contribution is -0.0586. The minimum Gasteiger partial charge on any atom is -0.372 e. The van der Waals surface area contributed by atoms with Gasteiger partial charge in [0, 0.05) is 61.1 Å². The molecule has 216 valence electrons. The second-order valence-corrected chi connectivity index (χ2v) is 11.6. The number of aryl methyl sites for hydroxylation is 2. The van der Waals surface area contributed by atoms with Crippen LogP contribution in [0.1, 0.15) is 51.6 Å². The molecule has 8 heteroatoms. The van der Waals surface area contributed by atoms with Crippen molar-refractivity contribution in [1.29, 1.82) is 0 Å². The van der Waals surface area contributed by atoms with E-state index in [9.17, 15) is 9.59 Å². The second kappa shape index (κ2) is 10.8. The number of rotatable bonds is 5. The Kier molecular flexibility index (Phi) is 7.10. The highest BCUT2D eigenvalue weighted by atomic mass is 16.5. The number of ether oxygens (including phenoxy) is 1. The van der Waals surface area contributed by atoms with Crippen molar-refractivity contribution >= 4 is 33.6 Å². The molecule has 42 heavy (non-hydrogen) atoms. The van der Waals surface area contributed by atoms with Crippen molar-refractivity contribution in [2.75, 3.05) is 27.2 Å². The fourth-order valence-electron chi connectivity index (χ4n) is 6.27. The van der Waals surface area contributed by atoms with Crippen LogP contribution in [0.3, 0.4) is 0 Å². The summed E-state index contributed by atoms with van der Waals surface area (Å²) in [7, 11) is 3.52. The highest BCUT2D eigenvalue weighted by molar-refractivity contribution is 6.20. The van der Waals surface area contributed by atoms with Gasteiger partial charge in [-0.3, -0.25) is 9.59 Å². The van der Waals surface area contributed by atoms with Crippen LogP contribution in [0.4, 0.5) is 0 Å². The Balaban J connectivity index is 1.62. The predicted octanol–water partition coefficient (Wildman–Crippen LogP) is 6.07. The molecular weight excluding hydrogens is 528 g/mol. The van der Waals surface area contributed by atoms with E-state index in [4.69, 9.17) is 9.26 Å². The largest absolute Gasteiger partial charge is 0.372 e. The predicted molar refractivity (Wildman–Crippen MR) is 164 cm³/mol. The zero-order valence-corrected chi connectivity index (χ0v) is 25.0. The normalized spacial score (nSPS) is 17.2.